The Morgan fingerprint density at radius 3 is 2.75 bits per heavy atom. The first-order chi connectivity index (χ1) is 11.7. The summed E-state index contributed by atoms with van der Waals surface area (Å²) in [4.78, 5) is 14.6. The van der Waals surface area contributed by atoms with Gasteiger partial charge in [0.15, 0.2) is 0 Å². The molecule has 0 aromatic heterocycles. The van der Waals surface area contributed by atoms with Gasteiger partial charge >= 0.3 is 6.03 Å². The fourth-order valence-corrected chi connectivity index (χ4v) is 2.74. The molecule has 1 aliphatic rings. The summed E-state index contributed by atoms with van der Waals surface area (Å²) in [5.41, 5.74) is 1.45. The Labute approximate surface area is 142 Å². The molecular weight excluding hydrogens is 304 g/mol. The number of carbonyl (C=O) groups is 1. The van der Waals surface area contributed by atoms with Crippen molar-refractivity contribution in [2.75, 3.05) is 23.4 Å². The summed E-state index contributed by atoms with van der Waals surface area (Å²) < 4.78 is 11.5. The van der Waals surface area contributed by atoms with Gasteiger partial charge in [-0.1, -0.05) is 31.2 Å². The summed E-state index contributed by atoms with van der Waals surface area (Å²) >= 11 is 0. The Kier molecular flexibility index (Phi) is 4.89. The Bertz CT molecular complexity index is 717. The number of amides is 2. The van der Waals surface area contributed by atoms with Gasteiger partial charge in [-0.2, -0.15) is 0 Å². The maximum atomic E-state index is 12.9. The van der Waals surface area contributed by atoms with Crippen LogP contribution in [0.1, 0.15) is 20.3 Å². The van der Waals surface area contributed by atoms with Crippen LogP contribution >= 0.6 is 0 Å². The molecule has 5 nitrogen and oxygen atoms in total. The van der Waals surface area contributed by atoms with Crippen molar-refractivity contribution in [2.24, 2.45) is 0 Å². The van der Waals surface area contributed by atoms with Crippen molar-refractivity contribution in [3.05, 3.63) is 48.5 Å². The van der Waals surface area contributed by atoms with E-state index in [-0.39, 0.29) is 12.1 Å². The molecule has 1 atom stereocenters. The number of nitrogens with one attached hydrogen (secondary N) is 1. The van der Waals surface area contributed by atoms with Crippen LogP contribution in [0.3, 0.4) is 0 Å². The van der Waals surface area contributed by atoms with Gasteiger partial charge in [0.05, 0.1) is 24.5 Å². The highest BCUT2D eigenvalue weighted by Crippen LogP contribution is 2.34. The van der Waals surface area contributed by atoms with Gasteiger partial charge in [-0.15, -0.1) is 0 Å². The number of ether oxygens (including phenoxy) is 2. The van der Waals surface area contributed by atoms with Crippen LogP contribution in [0, 0.1) is 0 Å². The highest BCUT2D eigenvalue weighted by Gasteiger charge is 2.29. The van der Waals surface area contributed by atoms with Gasteiger partial charge in [0, 0.05) is 0 Å². The van der Waals surface area contributed by atoms with Crippen LogP contribution in [-0.4, -0.2) is 25.3 Å². The van der Waals surface area contributed by atoms with Gasteiger partial charge in [0.25, 0.3) is 0 Å². The fraction of sp³-hybridized carbons (Fsp3) is 0.316. The van der Waals surface area contributed by atoms with Gasteiger partial charge in [-0.3, -0.25) is 4.90 Å². The molecular formula is C19H22N2O3. The molecule has 1 aliphatic heterocycles. The number of carbonyl (C=O) groups excluding carboxylic acids is 1. The zero-order chi connectivity index (χ0) is 16.9. The molecule has 1 heterocycles. The molecule has 2 aromatic carbocycles. The average molecular weight is 326 g/mol. The normalized spacial score (nSPS) is 16.1. The summed E-state index contributed by atoms with van der Waals surface area (Å²) in [7, 11) is 0. The molecule has 0 saturated heterocycles. The van der Waals surface area contributed by atoms with Crippen molar-refractivity contribution in [3.63, 3.8) is 0 Å². The minimum Gasteiger partial charge on any atom is -0.492 e. The van der Waals surface area contributed by atoms with Crippen molar-refractivity contribution in [2.45, 2.75) is 26.4 Å². The Hall–Kier alpha value is -2.69. The number of para-hydroxylation sites is 4. The molecule has 3 rings (SSSR count). The van der Waals surface area contributed by atoms with Crippen molar-refractivity contribution in [1.29, 1.82) is 0 Å². The van der Waals surface area contributed by atoms with Gasteiger partial charge in [0.2, 0.25) is 0 Å². The van der Waals surface area contributed by atoms with E-state index in [1.807, 2.05) is 55.5 Å². The lowest BCUT2D eigenvalue weighted by atomic mass is 10.1. The van der Waals surface area contributed by atoms with Crippen LogP contribution < -0.4 is 19.7 Å². The van der Waals surface area contributed by atoms with E-state index in [0.29, 0.717) is 24.6 Å². The summed E-state index contributed by atoms with van der Waals surface area (Å²) in [6.45, 7) is 5.04. The van der Waals surface area contributed by atoms with E-state index in [9.17, 15) is 4.79 Å². The first kappa shape index (κ1) is 16.2. The second kappa shape index (κ2) is 7.25. The van der Waals surface area contributed by atoms with Gasteiger partial charge < -0.3 is 14.8 Å². The molecule has 24 heavy (non-hydrogen) atoms. The van der Waals surface area contributed by atoms with Crippen LogP contribution in [0.15, 0.2) is 48.5 Å². The Morgan fingerprint density at radius 1 is 1.21 bits per heavy atom. The lowest BCUT2D eigenvalue weighted by molar-refractivity contribution is 0.188. The summed E-state index contributed by atoms with van der Waals surface area (Å²) in [6.07, 6.45) is 0.834. The standard InChI is InChI=1S/C19H22N2O3/c1-3-14-13-21(16-10-6-8-12-18(16)24-14)19(22)20-15-9-5-7-11-17(15)23-4-2/h5-12,14H,3-4,13H2,1-2H3,(H,20,22). The molecule has 2 aromatic rings. The molecule has 0 radical (unpaired) electrons. The van der Waals surface area contributed by atoms with Gasteiger partial charge in [-0.25, -0.2) is 4.79 Å². The molecule has 0 aliphatic carbocycles. The molecule has 0 saturated carbocycles. The Morgan fingerprint density at radius 2 is 1.96 bits per heavy atom. The van der Waals surface area contributed by atoms with Crippen LogP contribution in [0.2, 0.25) is 0 Å². The van der Waals surface area contributed by atoms with Gasteiger partial charge in [-0.05, 0) is 37.6 Å². The van der Waals surface area contributed by atoms with Crippen molar-refractivity contribution in [1.82, 2.24) is 0 Å². The molecule has 0 fully saturated rings. The third-order valence-electron chi connectivity index (χ3n) is 3.96. The number of fused-ring (bicyclic) bond motifs is 1. The van der Waals surface area contributed by atoms with E-state index in [0.717, 1.165) is 17.9 Å². The lowest BCUT2D eigenvalue weighted by Gasteiger charge is -2.34. The van der Waals surface area contributed by atoms with Crippen LogP contribution in [0.25, 0.3) is 0 Å². The minimum absolute atomic E-state index is 0.00668. The maximum Gasteiger partial charge on any atom is 0.326 e. The molecule has 2 amide bonds. The molecule has 126 valence electrons. The number of benzene rings is 2. The third-order valence-corrected chi connectivity index (χ3v) is 3.96. The van der Waals surface area contributed by atoms with Crippen LogP contribution in [0.5, 0.6) is 11.5 Å². The van der Waals surface area contributed by atoms with Gasteiger partial charge in [0.1, 0.15) is 17.6 Å². The zero-order valence-electron chi connectivity index (χ0n) is 14.0. The fourth-order valence-electron chi connectivity index (χ4n) is 2.74. The summed E-state index contributed by atoms with van der Waals surface area (Å²) in [5.74, 6) is 1.41. The molecule has 1 unspecified atom stereocenters. The number of nitrogens with zero attached hydrogens (tertiary/aromatic N) is 1. The molecule has 0 bridgehead atoms. The van der Waals surface area contributed by atoms with E-state index in [1.165, 1.54) is 0 Å². The monoisotopic (exact) mass is 326 g/mol. The second-order valence-corrected chi connectivity index (χ2v) is 5.59. The Balaban J connectivity index is 1.85. The van der Waals surface area contributed by atoms with E-state index in [2.05, 4.69) is 12.2 Å². The first-order valence-corrected chi connectivity index (χ1v) is 8.29. The van der Waals surface area contributed by atoms with Crippen LogP contribution in [-0.2, 0) is 0 Å². The topological polar surface area (TPSA) is 50.8 Å². The van der Waals surface area contributed by atoms with E-state index in [4.69, 9.17) is 9.47 Å². The lowest BCUT2D eigenvalue weighted by Crippen LogP contribution is -2.45. The number of rotatable bonds is 4. The largest absolute Gasteiger partial charge is 0.492 e. The SMILES string of the molecule is CCOc1ccccc1NC(=O)N1CC(CC)Oc2ccccc21. The molecule has 1 N–H and O–H groups in total. The van der Waals surface area contributed by atoms with Crippen molar-refractivity contribution >= 4 is 17.4 Å². The van der Waals surface area contributed by atoms with Crippen molar-refractivity contribution < 1.29 is 14.3 Å². The predicted octanol–water partition coefficient (Wildman–Crippen LogP) is 4.29. The highest BCUT2D eigenvalue weighted by molar-refractivity contribution is 6.03. The average Bonchev–Trinajstić information content (AvgIpc) is 2.62. The molecule has 0 spiro atoms. The quantitative estimate of drug-likeness (QED) is 0.911. The zero-order valence-corrected chi connectivity index (χ0v) is 14.0. The number of urea groups is 1. The summed E-state index contributed by atoms with van der Waals surface area (Å²) in [5, 5.41) is 2.96. The molecule has 5 heteroatoms. The maximum absolute atomic E-state index is 12.9. The minimum atomic E-state index is -0.184. The first-order valence-electron chi connectivity index (χ1n) is 8.29. The van der Waals surface area contributed by atoms with Crippen molar-refractivity contribution in [3.8, 4) is 11.5 Å². The summed E-state index contributed by atoms with van der Waals surface area (Å²) in [6, 6.07) is 14.9. The predicted molar refractivity (Wildman–Crippen MR) is 95.1 cm³/mol. The van der Waals surface area contributed by atoms with E-state index in [1.54, 1.807) is 4.90 Å². The van der Waals surface area contributed by atoms with Crippen LogP contribution in [0.4, 0.5) is 16.2 Å². The number of hydrogen-bond acceptors (Lipinski definition) is 3. The number of hydrogen-bond donors (Lipinski definition) is 1. The third kappa shape index (κ3) is 3.30. The highest BCUT2D eigenvalue weighted by atomic mass is 16.5. The van der Waals surface area contributed by atoms with E-state index < -0.39 is 0 Å². The second-order valence-electron chi connectivity index (χ2n) is 5.59. The number of anilines is 2. The smallest absolute Gasteiger partial charge is 0.326 e. The van der Waals surface area contributed by atoms with E-state index >= 15 is 0 Å².